The summed E-state index contributed by atoms with van der Waals surface area (Å²) in [4.78, 5) is 34.1. The van der Waals surface area contributed by atoms with Gasteiger partial charge in [0.1, 0.15) is 5.82 Å². The molecule has 7 heteroatoms. The monoisotopic (exact) mass is 408 g/mol. The number of aryl methyl sites for hydroxylation is 1. The molecule has 30 heavy (non-hydrogen) atoms. The normalized spacial score (nSPS) is 10.8. The lowest BCUT2D eigenvalue weighted by Gasteiger charge is -2.21. The van der Waals surface area contributed by atoms with Crippen LogP contribution in [0.25, 0.3) is 11.0 Å². The smallest absolute Gasteiger partial charge is 0.306 e. The summed E-state index contributed by atoms with van der Waals surface area (Å²) in [7, 11) is 0. The van der Waals surface area contributed by atoms with Crippen molar-refractivity contribution in [2.75, 3.05) is 29.9 Å². The number of nitrogens with one attached hydrogen (secondary N) is 2. The average Bonchev–Trinajstić information content (AvgIpc) is 3.16. The molecule has 0 saturated carbocycles. The SMILES string of the molecule is CCOC(=O)CCc1nc2ccc(NC(=O)c3ccc(N(CC)CC)cc3)cc2[nH]1. The van der Waals surface area contributed by atoms with Gasteiger partial charge in [0.05, 0.1) is 24.1 Å². The lowest BCUT2D eigenvalue weighted by atomic mass is 10.1. The number of ether oxygens (including phenoxy) is 1. The van der Waals surface area contributed by atoms with Crippen LogP contribution < -0.4 is 10.2 Å². The molecule has 2 N–H and O–H groups in total. The fraction of sp³-hybridized carbons (Fsp3) is 0.348. The minimum absolute atomic E-state index is 0.164. The van der Waals surface area contributed by atoms with E-state index in [4.69, 9.17) is 4.74 Å². The van der Waals surface area contributed by atoms with Crippen LogP contribution in [-0.4, -0.2) is 41.5 Å². The summed E-state index contributed by atoms with van der Waals surface area (Å²) in [5.74, 6) is 0.314. The number of amides is 1. The first-order chi connectivity index (χ1) is 14.5. The van der Waals surface area contributed by atoms with E-state index in [1.54, 1.807) is 6.92 Å². The van der Waals surface area contributed by atoms with E-state index < -0.39 is 0 Å². The van der Waals surface area contributed by atoms with Gasteiger partial charge in [-0.05, 0) is 63.2 Å². The highest BCUT2D eigenvalue weighted by Crippen LogP contribution is 2.20. The van der Waals surface area contributed by atoms with Crippen molar-refractivity contribution in [3.8, 4) is 0 Å². The standard InChI is InChI=1S/C23H28N4O3/c1-4-27(5-2)18-10-7-16(8-11-18)23(29)24-17-9-12-19-20(15-17)26-21(25-19)13-14-22(28)30-6-3/h7-12,15H,4-6,13-14H2,1-3H3,(H,24,29)(H,25,26). The lowest BCUT2D eigenvalue weighted by molar-refractivity contribution is -0.143. The molecule has 0 saturated heterocycles. The molecule has 1 aromatic heterocycles. The van der Waals surface area contributed by atoms with E-state index in [1.165, 1.54) is 0 Å². The van der Waals surface area contributed by atoms with Gasteiger partial charge < -0.3 is 19.9 Å². The number of aromatic amines is 1. The Morgan fingerprint density at radius 3 is 2.47 bits per heavy atom. The number of H-pyrrole nitrogens is 1. The fourth-order valence-corrected chi connectivity index (χ4v) is 3.33. The topological polar surface area (TPSA) is 87.3 Å². The molecule has 2 aromatic carbocycles. The van der Waals surface area contributed by atoms with Gasteiger partial charge in [-0.1, -0.05) is 0 Å². The van der Waals surface area contributed by atoms with E-state index in [0.717, 1.165) is 29.8 Å². The van der Waals surface area contributed by atoms with Crippen LogP contribution in [-0.2, 0) is 16.0 Å². The third kappa shape index (κ3) is 5.17. The van der Waals surface area contributed by atoms with Gasteiger partial charge in [-0.25, -0.2) is 4.98 Å². The third-order valence-electron chi connectivity index (χ3n) is 4.92. The summed E-state index contributed by atoms with van der Waals surface area (Å²) >= 11 is 0. The molecule has 0 bridgehead atoms. The van der Waals surface area contributed by atoms with Gasteiger partial charge in [-0.3, -0.25) is 9.59 Å². The number of aromatic nitrogens is 2. The summed E-state index contributed by atoms with van der Waals surface area (Å²) in [6.07, 6.45) is 0.759. The number of imidazole rings is 1. The zero-order valence-corrected chi connectivity index (χ0v) is 17.7. The zero-order chi connectivity index (χ0) is 21.5. The van der Waals surface area contributed by atoms with Gasteiger partial charge >= 0.3 is 5.97 Å². The maximum atomic E-state index is 12.6. The van der Waals surface area contributed by atoms with Gasteiger partial charge in [0.2, 0.25) is 0 Å². The molecule has 0 radical (unpaired) electrons. The number of hydrogen-bond acceptors (Lipinski definition) is 5. The van der Waals surface area contributed by atoms with Crippen LogP contribution in [0.4, 0.5) is 11.4 Å². The number of rotatable bonds is 9. The van der Waals surface area contributed by atoms with Crippen molar-refractivity contribution in [1.29, 1.82) is 0 Å². The van der Waals surface area contributed by atoms with Gasteiger partial charge in [0, 0.05) is 36.4 Å². The van der Waals surface area contributed by atoms with Gasteiger partial charge in [-0.15, -0.1) is 0 Å². The quantitative estimate of drug-likeness (QED) is 0.519. The van der Waals surface area contributed by atoms with Gasteiger partial charge in [0.15, 0.2) is 0 Å². The summed E-state index contributed by atoms with van der Waals surface area (Å²) in [5, 5.41) is 2.93. The largest absolute Gasteiger partial charge is 0.466 e. The van der Waals surface area contributed by atoms with Crippen LogP contribution in [0.5, 0.6) is 0 Å². The molecule has 0 fully saturated rings. The Labute approximate surface area is 176 Å². The first-order valence-corrected chi connectivity index (χ1v) is 10.3. The van der Waals surface area contributed by atoms with Gasteiger partial charge in [0.25, 0.3) is 5.91 Å². The average molecular weight is 409 g/mol. The molecule has 0 spiro atoms. The van der Waals surface area contributed by atoms with E-state index in [0.29, 0.717) is 30.1 Å². The zero-order valence-electron chi connectivity index (χ0n) is 17.7. The van der Waals surface area contributed by atoms with E-state index in [2.05, 4.69) is 34.0 Å². The first-order valence-electron chi connectivity index (χ1n) is 10.3. The minimum atomic E-state index is -0.238. The molecule has 0 aliphatic rings. The second kappa shape index (κ2) is 9.91. The van der Waals surface area contributed by atoms with E-state index in [1.807, 2.05) is 42.5 Å². The molecule has 158 valence electrons. The van der Waals surface area contributed by atoms with Crippen LogP contribution in [0.2, 0.25) is 0 Å². The molecule has 3 rings (SSSR count). The highest BCUT2D eigenvalue weighted by Gasteiger charge is 2.10. The van der Waals surface area contributed by atoms with Crippen molar-refractivity contribution in [1.82, 2.24) is 9.97 Å². The Balaban J connectivity index is 1.66. The Morgan fingerprint density at radius 2 is 1.80 bits per heavy atom. The van der Waals surface area contributed by atoms with Crippen LogP contribution in [0.3, 0.4) is 0 Å². The van der Waals surface area contributed by atoms with Crippen molar-refractivity contribution in [2.24, 2.45) is 0 Å². The van der Waals surface area contributed by atoms with E-state index in [-0.39, 0.29) is 18.3 Å². The van der Waals surface area contributed by atoms with Gasteiger partial charge in [-0.2, -0.15) is 0 Å². The van der Waals surface area contributed by atoms with Crippen LogP contribution in [0.1, 0.15) is 43.4 Å². The Hall–Kier alpha value is -3.35. The van der Waals surface area contributed by atoms with E-state index in [9.17, 15) is 9.59 Å². The fourth-order valence-electron chi connectivity index (χ4n) is 3.33. The Morgan fingerprint density at radius 1 is 1.07 bits per heavy atom. The first kappa shape index (κ1) is 21.4. The summed E-state index contributed by atoms with van der Waals surface area (Å²) < 4.78 is 4.94. The molecule has 0 aliphatic carbocycles. The number of fused-ring (bicyclic) bond motifs is 1. The molecular weight excluding hydrogens is 380 g/mol. The summed E-state index contributed by atoms with van der Waals surface area (Å²) in [6, 6.07) is 13.1. The number of carbonyl (C=O) groups is 2. The number of esters is 1. The molecule has 0 atom stereocenters. The van der Waals surface area contributed by atoms with Crippen molar-refractivity contribution in [2.45, 2.75) is 33.6 Å². The predicted octanol–water partition coefficient (Wildman–Crippen LogP) is 4.16. The number of nitrogens with zero attached hydrogens (tertiary/aromatic N) is 2. The molecule has 0 aliphatic heterocycles. The van der Waals surface area contributed by atoms with Crippen LogP contribution in [0.15, 0.2) is 42.5 Å². The Kier molecular flexibility index (Phi) is 7.06. The minimum Gasteiger partial charge on any atom is -0.466 e. The number of carbonyl (C=O) groups excluding carboxylic acids is 2. The summed E-state index contributed by atoms with van der Waals surface area (Å²) in [6.45, 7) is 8.23. The van der Waals surface area contributed by atoms with Crippen molar-refractivity contribution in [3.05, 3.63) is 53.9 Å². The Bertz CT molecular complexity index is 1010. The molecule has 1 heterocycles. The van der Waals surface area contributed by atoms with Crippen LogP contribution in [0, 0.1) is 0 Å². The number of anilines is 2. The highest BCUT2D eigenvalue weighted by atomic mass is 16.5. The predicted molar refractivity (Wildman–Crippen MR) is 119 cm³/mol. The maximum Gasteiger partial charge on any atom is 0.306 e. The highest BCUT2D eigenvalue weighted by molar-refractivity contribution is 6.05. The van der Waals surface area contributed by atoms with E-state index >= 15 is 0 Å². The molecule has 7 nitrogen and oxygen atoms in total. The van der Waals surface area contributed by atoms with Crippen molar-refractivity contribution >= 4 is 34.3 Å². The third-order valence-corrected chi connectivity index (χ3v) is 4.92. The van der Waals surface area contributed by atoms with Crippen molar-refractivity contribution in [3.63, 3.8) is 0 Å². The molecule has 1 amide bonds. The van der Waals surface area contributed by atoms with Crippen molar-refractivity contribution < 1.29 is 14.3 Å². The molecule has 0 unspecified atom stereocenters. The van der Waals surface area contributed by atoms with Crippen LogP contribution >= 0.6 is 0 Å². The number of benzene rings is 2. The second-order valence-electron chi connectivity index (χ2n) is 6.89. The molecule has 3 aromatic rings. The second-order valence-corrected chi connectivity index (χ2v) is 6.89. The summed E-state index contributed by atoms with van der Waals surface area (Å²) in [5.41, 5.74) is 3.98. The lowest BCUT2D eigenvalue weighted by Crippen LogP contribution is -2.21. The number of hydrogen-bond donors (Lipinski definition) is 2. The molecular formula is C23H28N4O3. The maximum absolute atomic E-state index is 12.6.